The molecule has 1 aromatic heterocycles. The van der Waals surface area contributed by atoms with Crippen molar-refractivity contribution in [3.05, 3.63) is 5.69 Å². The zero-order chi connectivity index (χ0) is 12.8. The lowest BCUT2D eigenvalue weighted by atomic mass is 10.2. The molecule has 0 unspecified atom stereocenters. The van der Waals surface area contributed by atoms with Crippen molar-refractivity contribution in [3.63, 3.8) is 0 Å². The smallest absolute Gasteiger partial charge is 0.150 e. The number of hydrogen-bond acceptors (Lipinski definition) is 4. The Morgan fingerprint density at radius 1 is 1.29 bits per heavy atom. The number of aromatic nitrogens is 2. The molecule has 0 saturated carbocycles. The van der Waals surface area contributed by atoms with Crippen LogP contribution in [0.25, 0.3) is 0 Å². The molecule has 1 aromatic rings. The van der Waals surface area contributed by atoms with Crippen molar-refractivity contribution < 1.29 is 5.11 Å². The van der Waals surface area contributed by atoms with E-state index in [1.165, 1.54) is 0 Å². The Kier molecular flexibility index (Phi) is 5.28. The van der Waals surface area contributed by atoms with Crippen LogP contribution in [-0.2, 0) is 13.5 Å². The van der Waals surface area contributed by atoms with Gasteiger partial charge in [-0.25, -0.2) is 0 Å². The third-order valence-electron chi connectivity index (χ3n) is 2.78. The Balaban J connectivity index is 3.00. The van der Waals surface area contributed by atoms with Gasteiger partial charge in [0.15, 0.2) is 0 Å². The Bertz CT molecular complexity index is 343. The minimum Gasteiger partial charge on any atom is -0.395 e. The van der Waals surface area contributed by atoms with Gasteiger partial charge in [0.2, 0.25) is 0 Å². The first-order valence-electron chi connectivity index (χ1n) is 6.32. The highest BCUT2D eigenvalue weighted by Gasteiger charge is 2.17. The lowest BCUT2D eigenvalue weighted by Crippen LogP contribution is -2.30. The average Bonchev–Trinajstić information content (AvgIpc) is 2.55. The minimum atomic E-state index is 0.133. The van der Waals surface area contributed by atoms with Crippen LogP contribution < -0.4 is 10.6 Å². The van der Waals surface area contributed by atoms with Crippen molar-refractivity contribution in [2.24, 2.45) is 7.05 Å². The summed E-state index contributed by atoms with van der Waals surface area (Å²) >= 11 is 0. The Morgan fingerprint density at radius 3 is 2.53 bits per heavy atom. The normalized spacial score (nSPS) is 10.8. The molecule has 5 nitrogen and oxygen atoms in total. The van der Waals surface area contributed by atoms with Crippen LogP contribution >= 0.6 is 0 Å². The summed E-state index contributed by atoms with van der Waals surface area (Å²) in [5.74, 6) is 0.935. The zero-order valence-corrected chi connectivity index (χ0v) is 11.1. The maximum atomic E-state index is 9.10. The largest absolute Gasteiger partial charge is 0.395 e. The number of nitrogens with two attached hydrogens (primary N) is 1. The third kappa shape index (κ3) is 3.12. The summed E-state index contributed by atoms with van der Waals surface area (Å²) in [6, 6.07) is 0. The maximum Gasteiger partial charge on any atom is 0.150 e. The molecule has 3 N–H and O–H groups in total. The van der Waals surface area contributed by atoms with Crippen molar-refractivity contribution in [2.75, 3.05) is 30.3 Å². The molecule has 0 aliphatic carbocycles. The van der Waals surface area contributed by atoms with Gasteiger partial charge < -0.3 is 15.7 Å². The molecule has 0 fully saturated rings. The van der Waals surface area contributed by atoms with Gasteiger partial charge in [-0.2, -0.15) is 5.10 Å². The third-order valence-corrected chi connectivity index (χ3v) is 2.78. The molecule has 0 aliphatic rings. The molecule has 0 radical (unpaired) electrons. The second-order valence-corrected chi connectivity index (χ2v) is 4.27. The fourth-order valence-electron chi connectivity index (χ4n) is 2.10. The molecular weight excluding hydrogens is 216 g/mol. The van der Waals surface area contributed by atoms with E-state index in [0.29, 0.717) is 6.54 Å². The number of aliphatic hydroxyl groups is 1. The van der Waals surface area contributed by atoms with Crippen LogP contribution in [0.4, 0.5) is 11.5 Å². The van der Waals surface area contributed by atoms with Crippen LogP contribution in [0.2, 0.25) is 0 Å². The van der Waals surface area contributed by atoms with E-state index < -0.39 is 0 Å². The first-order valence-corrected chi connectivity index (χ1v) is 6.32. The van der Waals surface area contributed by atoms with Gasteiger partial charge in [0.25, 0.3) is 0 Å². The van der Waals surface area contributed by atoms with E-state index in [1.54, 1.807) is 0 Å². The molecule has 0 amide bonds. The summed E-state index contributed by atoms with van der Waals surface area (Å²) < 4.78 is 1.83. The zero-order valence-electron chi connectivity index (χ0n) is 11.1. The quantitative estimate of drug-likeness (QED) is 0.750. The molecule has 17 heavy (non-hydrogen) atoms. The van der Waals surface area contributed by atoms with E-state index in [9.17, 15) is 0 Å². The van der Waals surface area contributed by atoms with Gasteiger partial charge >= 0.3 is 0 Å². The van der Waals surface area contributed by atoms with Crippen molar-refractivity contribution in [1.29, 1.82) is 0 Å². The fourth-order valence-corrected chi connectivity index (χ4v) is 2.10. The van der Waals surface area contributed by atoms with Crippen molar-refractivity contribution in [3.8, 4) is 0 Å². The van der Waals surface area contributed by atoms with Gasteiger partial charge in [-0.05, 0) is 12.8 Å². The summed E-state index contributed by atoms with van der Waals surface area (Å²) in [6.07, 6.45) is 2.96. The summed E-state index contributed by atoms with van der Waals surface area (Å²) in [4.78, 5) is 2.10. The van der Waals surface area contributed by atoms with Crippen LogP contribution in [0.5, 0.6) is 0 Å². The lowest BCUT2D eigenvalue weighted by Gasteiger charge is -2.23. The molecule has 0 aliphatic heterocycles. The van der Waals surface area contributed by atoms with Gasteiger partial charge in [-0.15, -0.1) is 0 Å². The number of nitrogen functional groups attached to an aromatic ring is 1. The maximum absolute atomic E-state index is 9.10. The van der Waals surface area contributed by atoms with E-state index >= 15 is 0 Å². The molecule has 0 atom stereocenters. The number of aliphatic hydroxyl groups excluding tert-OH is 1. The molecule has 98 valence electrons. The average molecular weight is 240 g/mol. The Morgan fingerprint density at radius 2 is 2.00 bits per heavy atom. The van der Waals surface area contributed by atoms with Crippen LogP contribution in [-0.4, -0.2) is 34.6 Å². The predicted molar refractivity (Wildman–Crippen MR) is 71.2 cm³/mol. The van der Waals surface area contributed by atoms with Gasteiger partial charge in [0.05, 0.1) is 18.0 Å². The van der Waals surface area contributed by atoms with E-state index in [2.05, 4.69) is 23.8 Å². The topological polar surface area (TPSA) is 67.3 Å². The molecule has 1 heterocycles. The van der Waals surface area contributed by atoms with Crippen molar-refractivity contribution in [2.45, 2.75) is 33.1 Å². The number of anilines is 2. The number of aryl methyl sites for hydroxylation is 2. The van der Waals surface area contributed by atoms with Crippen LogP contribution in [0.15, 0.2) is 0 Å². The molecule has 0 aromatic carbocycles. The summed E-state index contributed by atoms with van der Waals surface area (Å²) in [5.41, 5.74) is 7.87. The van der Waals surface area contributed by atoms with E-state index in [4.69, 9.17) is 10.8 Å². The second-order valence-electron chi connectivity index (χ2n) is 4.27. The molecule has 0 saturated heterocycles. The SMILES string of the molecule is CCCc1nn(C)c(N(CCC)CCO)c1N. The van der Waals surface area contributed by atoms with Gasteiger partial charge in [-0.3, -0.25) is 4.68 Å². The second kappa shape index (κ2) is 6.49. The lowest BCUT2D eigenvalue weighted by molar-refractivity contribution is 0.301. The minimum absolute atomic E-state index is 0.133. The predicted octanol–water partition coefficient (Wildman–Crippen LogP) is 1.16. The van der Waals surface area contributed by atoms with E-state index in [-0.39, 0.29) is 6.61 Å². The highest BCUT2D eigenvalue weighted by atomic mass is 16.3. The van der Waals surface area contributed by atoms with Crippen LogP contribution in [0, 0.1) is 0 Å². The summed E-state index contributed by atoms with van der Waals surface area (Å²) in [7, 11) is 1.91. The Hall–Kier alpha value is -1.23. The number of nitrogens with zero attached hydrogens (tertiary/aromatic N) is 3. The van der Waals surface area contributed by atoms with Gasteiger partial charge in [-0.1, -0.05) is 20.3 Å². The molecule has 0 bridgehead atoms. The summed E-state index contributed by atoms with van der Waals surface area (Å²) in [6.45, 7) is 5.85. The highest BCUT2D eigenvalue weighted by Crippen LogP contribution is 2.26. The van der Waals surface area contributed by atoms with E-state index in [0.717, 1.165) is 43.0 Å². The fraction of sp³-hybridized carbons (Fsp3) is 0.750. The number of hydrogen-bond donors (Lipinski definition) is 2. The highest BCUT2D eigenvalue weighted by molar-refractivity contribution is 5.66. The van der Waals surface area contributed by atoms with E-state index in [1.807, 2.05) is 11.7 Å². The van der Waals surface area contributed by atoms with Gasteiger partial charge in [0.1, 0.15) is 5.82 Å². The van der Waals surface area contributed by atoms with Crippen LogP contribution in [0.3, 0.4) is 0 Å². The first-order chi connectivity index (χ1) is 8.15. The summed E-state index contributed by atoms with van der Waals surface area (Å²) in [5, 5.41) is 13.6. The monoisotopic (exact) mass is 240 g/mol. The first kappa shape index (κ1) is 13.8. The molecule has 1 rings (SSSR count). The number of rotatable bonds is 7. The molecular formula is C12H24N4O. The standard InChI is InChI=1S/C12H24N4O/c1-4-6-10-11(13)12(15(3)14-10)16(7-5-2)8-9-17/h17H,4-9,13H2,1-3H3. The van der Waals surface area contributed by atoms with Crippen LogP contribution in [0.1, 0.15) is 32.4 Å². The molecule has 0 spiro atoms. The Labute approximate surface area is 103 Å². The van der Waals surface area contributed by atoms with Crippen molar-refractivity contribution in [1.82, 2.24) is 9.78 Å². The molecule has 5 heteroatoms. The van der Waals surface area contributed by atoms with Gasteiger partial charge in [0, 0.05) is 20.1 Å². The van der Waals surface area contributed by atoms with Crippen molar-refractivity contribution >= 4 is 11.5 Å².